The molecule has 0 atom stereocenters. The molecule has 0 spiro atoms. The lowest BCUT2D eigenvalue weighted by Gasteiger charge is -2.31. The molecule has 2 aromatic heterocycles. The molecule has 0 aliphatic carbocycles. The van der Waals surface area contributed by atoms with Crippen molar-refractivity contribution in [3.63, 3.8) is 0 Å². The monoisotopic (exact) mass is 471 g/mol. The maximum Gasteiger partial charge on any atom is 0.263 e. The average molecular weight is 472 g/mol. The molecule has 1 fully saturated rings. The quantitative estimate of drug-likeness (QED) is 0.450. The molecule has 1 aliphatic rings. The summed E-state index contributed by atoms with van der Waals surface area (Å²) >= 11 is 0. The van der Waals surface area contributed by atoms with Crippen LogP contribution in [0.5, 0.6) is 0 Å². The Morgan fingerprint density at radius 3 is 2.45 bits per heavy atom. The number of rotatable bonds is 6. The van der Waals surface area contributed by atoms with E-state index in [-0.39, 0.29) is 10.5 Å². The van der Waals surface area contributed by atoms with Gasteiger partial charge in [0.15, 0.2) is 0 Å². The molecule has 0 unspecified atom stereocenters. The molecule has 1 N–H and O–H groups in total. The van der Waals surface area contributed by atoms with Crippen LogP contribution in [-0.4, -0.2) is 45.8 Å². The van der Waals surface area contributed by atoms with E-state index in [4.69, 9.17) is 0 Å². The van der Waals surface area contributed by atoms with Gasteiger partial charge in [0.1, 0.15) is 0 Å². The Morgan fingerprint density at radius 1 is 1.03 bits per heavy atom. The van der Waals surface area contributed by atoms with Crippen LogP contribution >= 0.6 is 0 Å². The molecule has 4 aromatic rings. The molecule has 10 heteroatoms. The van der Waals surface area contributed by atoms with Crippen LogP contribution in [0.4, 0.5) is 8.78 Å². The first-order valence-electron chi connectivity index (χ1n) is 10.7. The predicted molar refractivity (Wildman–Crippen MR) is 120 cm³/mol. The lowest BCUT2D eigenvalue weighted by atomic mass is 9.98. The lowest BCUT2D eigenvalue weighted by Crippen LogP contribution is -2.39. The van der Waals surface area contributed by atoms with Gasteiger partial charge in [0.05, 0.1) is 22.8 Å². The number of piperidine rings is 1. The van der Waals surface area contributed by atoms with Gasteiger partial charge in [-0.15, -0.1) is 0 Å². The van der Waals surface area contributed by atoms with E-state index < -0.39 is 16.4 Å². The van der Waals surface area contributed by atoms with E-state index >= 15 is 0 Å². The third kappa shape index (κ3) is 4.28. The van der Waals surface area contributed by atoms with E-state index in [1.807, 2.05) is 29.2 Å². The molecular weight excluding hydrogens is 448 g/mol. The van der Waals surface area contributed by atoms with Crippen LogP contribution in [0.1, 0.15) is 24.8 Å². The second-order valence-electron chi connectivity index (χ2n) is 8.30. The second kappa shape index (κ2) is 8.68. The van der Waals surface area contributed by atoms with E-state index in [2.05, 4.69) is 21.4 Å². The van der Waals surface area contributed by atoms with Crippen LogP contribution in [-0.2, 0) is 16.6 Å². The number of H-pyrrole nitrogens is 1. The summed E-state index contributed by atoms with van der Waals surface area (Å²) < 4.78 is 54.8. The van der Waals surface area contributed by atoms with Crippen molar-refractivity contribution in [3.05, 3.63) is 66.6 Å². The van der Waals surface area contributed by atoms with Crippen molar-refractivity contribution in [3.8, 4) is 11.1 Å². The summed E-state index contributed by atoms with van der Waals surface area (Å²) in [6, 6.07) is 11.0. The molecule has 1 saturated heterocycles. The van der Waals surface area contributed by atoms with Crippen LogP contribution < -0.4 is 0 Å². The first-order valence-corrected chi connectivity index (χ1v) is 12.2. The van der Waals surface area contributed by atoms with Crippen LogP contribution in [0, 0.1) is 5.92 Å². The van der Waals surface area contributed by atoms with E-state index in [1.54, 1.807) is 6.20 Å². The fraction of sp³-hybridized carbons (Fsp3) is 0.304. The fourth-order valence-electron chi connectivity index (χ4n) is 4.33. The lowest BCUT2D eigenvalue weighted by molar-refractivity contribution is 0.151. The van der Waals surface area contributed by atoms with Crippen molar-refractivity contribution in [2.24, 2.45) is 5.92 Å². The molecule has 172 valence electrons. The molecule has 33 heavy (non-hydrogen) atoms. The number of aromatic amines is 1. The van der Waals surface area contributed by atoms with Crippen LogP contribution in [0.15, 0.2) is 66.0 Å². The number of halogens is 2. The SMILES string of the molecule is O=S(=O)(c1ccc(C(F)F)cc1)N1CCC(Cn2ncc3cc(-c4cn[nH]c4)ccc32)CC1. The highest BCUT2D eigenvalue weighted by Gasteiger charge is 2.30. The normalized spacial score (nSPS) is 16.1. The first-order chi connectivity index (χ1) is 15.9. The Kier molecular flexibility index (Phi) is 5.71. The maximum atomic E-state index is 12.9. The van der Waals surface area contributed by atoms with Crippen molar-refractivity contribution in [2.75, 3.05) is 13.1 Å². The number of alkyl halides is 2. The zero-order valence-corrected chi connectivity index (χ0v) is 18.5. The van der Waals surface area contributed by atoms with Gasteiger partial charge in [-0.3, -0.25) is 9.78 Å². The number of hydrogen-bond acceptors (Lipinski definition) is 4. The van der Waals surface area contributed by atoms with Crippen LogP contribution in [0.25, 0.3) is 22.0 Å². The number of benzene rings is 2. The van der Waals surface area contributed by atoms with Gasteiger partial charge < -0.3 is 0 Å². The molecule has 0 bridgehead atoms. The van der Waals surface area contributed by atoms with Crippen LogP contribution in [0.3, 0.4) is 0 Å². The molecule has 2 aromatic carbocycles. The maximum absolute atomic E-state index is 12.9. The van der Waals surface area contributed by atoms with Gasteiger partial charge in [0, 0.05) is 42.3 Å². The van der Waals surface area contributed by atoms with Crippen molar-refractivity contribution in [2.45, 2.75) is 30.7 Å². The highest BCUT2D eigenvalue weighted by atomic mass is 32.2. The molecule has 0 radical (unpaired) electrons. The van der Waals surface area contributed by atoms with Crippen molar-refractivity contribution in [1.82, 2.24) is 24.3 Å². The molecule has 5 rings (SSSR count). The van der Waals surface area contributed by atoms with Gasteiger partial charge in [-0.1, -0.05) is 18.2 Å². The van der Waals surface area contributed by atoms with Crippen LogP contribution in [0.2, 0.25) is 0 Å². The number of fused-ring (bicyclic) bond motifs is 1. The van der Waals surface area contributed by atoms with Crippen molar-refractivity contribution in [1.29, 1.82) is 0 Å². The Hall–Kier alpha value is -3.11. The molecule has 7 nitrogen and oxygen atoms in total. The van der Waals surface area contributed by atoms with Gasteiger partial charge in [-0.25, -0.2) is 17.2 Å². The van der Waals surface area contributed by atoms with Gasteiger partial charge in [-0.2, -0.15) is 14.5 Å². The second-order valence-corrected chi connectivity index (χ2v) is 10.2. The van der Waals surface area contributed by atoms with Crippen molar-refractivity contribution >= 4 is 20.9 Å². The topological polar surface area (TPSA) is 83.9 Å². The predicted octanol–water partition coefficient (Wildman–Crippen LogP) is 4.46. The summed E-state index contributed by atoms with van der Waals surface area (Å²) in [5.74, 6) is 0.300. The van der Waals surface area contributed by atoms with E-state index in [0.717, 1.165) is 22.0 Å². The minimum absolute atomic E-state index is 0.0526. The minimum atomic E-state index is -3.69. The highest BCUT2D eigenvalue weighted by molar-refractivity contribution is 7.89. The molecule has 0 amide bonds. The summed E-state index contributed by atoms with van der Waals surface area (Å²) in [6.45, 7) is 1.51. The van der Waals surface area contributed by atoms with Gasteiger partial charge in [-0.05, 0) is 48.6 Å². The van der Waals surface area contributed by atoms with Crippen molar-refractivity contribution < 1.29 is 17.2 Å². The highest BCUT2D eigenvalue weighted by Crippen LogP contribution is 2.28. The largest absolute Gasteiger partial charge is 0.285 e. The summed E-state index contributed by atoms with van der Waals surface area (Å²) in [7, 11) is -3.69. The molecular formula is C23H23F2N5O2S. The van der Waals surface area contributed by atoms with Gasteiger partial charge >= 0.3 is 0 Å². The number of aromatic nitrogens is 4. The summed E-state index contributed by atoms with van der Waals surface area (Å²) in [5.41, 5.74) is 2.94. The number of sulfonamides is 1. The fourth-order valence-corrected chi connectivity index (χ4v) is 5.80. The number of nitrogens with zero attached hydrogens (tertiary/aromatic N) is 4. The van der Waals surface area contributed by atoms with Gasteiger partial charge in [0.25, 0.3) is 6.43 Å². The van der Waals surface area contributed by atoms with E-state index in [1.165, 1.54) is 28.6 Å². The Balaban J connectivity index is 1.24. The molecule has 1 aliphatic heterocycles. The summed E-state index contributed by atoms with van der Waals surface area (Å²) in [6.07, 6.45) is 4.28. The summed E-state index contributed by atoms with van der Waals surface area (Å²) in [4.78, 5) is 0.0526. The Morgan fingerprint density at radius 2 is 1.79 bits per heavy atom. The Labute approximate surface area is 190 Å². The Bertz CT molecular complexity index is 1340. The molecule has 3 heterocycles. The van der Waals surface area contributed by atoms with Gasteiger partial charge in [0.2, 0.25) is 10.0 Å². The zero-order valence-electron chi connectivity index (χ0n) is 17.7. The standard InChI is InChI=1S/C23H23F2N5O2S/c24-23(25)17-1-4-21(5-2-17)33(31,32)29-9-7-16(8-10-29)15-30-22-6-3-18(11-19(22)14-28-30)20-12-26-27-13-20/h1-6,11-14,16,23H,7-10,15H2,(H,26,27). The number of nitrogens with one attached hydrogen (secondary N) is 1. The third-order valence-electron chi connectivity index (χ3n) is 6.25. The first kappa shape index (κ1) is 21.7. The van der Waals surface area contributed by atoms with E-state index in [0.29, 0.717) is 38.4 Å². The smallest absolute Gasteiger partial charge is 0.263 e. The average Bonchev–Trinajstić information content (AvgIpc) is 3.50. The third-order valence-corrected chi connectivity index (χ3v) is 8.16. The minimum Gasteiger partial charge on any atom is -0.285 e. The molecule has 0 saturated carbocycles. The zero-order chi connectivity index (χ0) is 23.0. The number of hydrogen-bond donors (Lipinski definition) is 1. The summed E-state index contributed by atoms with van der Waals surface area (Å²) in [5, 5.41) is 12.4. The van der Waals surface area contributed by atoms with E-state index in [9.17, 15) is 17.2 Å².